The molecule has 3 heterocycles. The second-order valence-corrected chi connectivity index (χ2v) is 5.82. The minimum absolute atomic E-state index is 0.0703. The highest BCUT2D eigenvalue weighted by Crippen LogP contribution is 2.43. The van der Waals surface area contributed by atoms with E-state index in [1.807, 2.05) is 29.3 Å². The first-order valence-electron chi connectivity index (χ1n) is 7.53. The van der Waals surface area contributed by atoms with Crippen LogP contribution in [0.25, 0.3) is 0 Å². The average Bonchev–Trinajstić information content (AvgIpc) is 2.89. The molecule has 1 fully saturated rings. The number of nitrogens with zero attached hydrogens (tertiary/aromatic N) is 3. The van der Waals surface area contributed by atoms with Crippen LogP contribution in [0.1, 0.15) is 40.5 Å². The van der Waals surface area contributed by atoms with Crippen LogP contribution < -0.4 is 4.74 Å². The Labute approximate surface area is 129 Å². The van der Waals surface area contributed by atoms with Gasteiger partial charge in [-0.05, 0) is 31.0 Å². The molecule has 0 radical (unpaired) electrons. The van der Waals surface area contributed by atoms with Gasteiger partial charge in [-0.3, -0.25) is 4.79 Å². The lowest BCUT2D eigenvalue weighted by Gasteiger charge is -2.35. The van der Waals surface area contributed by atoms with Gasteiger partial charge in [0, 0.05) is 29.8 Å². The lowest BCUT2D eigenvalue weighted by atomic mass is 9.98. The van der Waals surface area contributed by atoms with E-state index < -0.39 is 0 Å². The topological polar surface area (TPSA) is 55.3 Å². The number of aromatic nitrogens is 2. The summed E-state index contributed by atoms with van der Waals surface area (Å²) in [4.78, 5) is 23.5. The summed E-state index contributed by atoms with van der Waals surface area (Å²) >= 11 is 0. The Bertz CT molecular complexity index is 731. The molecule has 0 aliphatic carbocycles. The Morgan fingerprint density at radius 1 is 1.36 bits per heavy atom. The van der Waals surface area contributed by atoms with Crippen molar-refractivity contribution in [2.45, 2.75) is 31.3 Å². The van der Waals surface area contributed by atoms with Crippen molar-refractivity contribution >= 4 is 5.91 Å². The Balaban J connectivity index is 1.70. The molecule has 1 aromatic heterocycles. The van der Waals surface area contributed by atoms with Crippen LogP contribution in [-0.2, 0) is 6.42 Å². The van der Waals surface area contributed by atoms with E-state index in [0.29, 0.717) is 11.3 Å². The van der Waals surface area contributed by atoms with Crippen molar-refractivity contribution in [3.8, 4) is 5.75 Å². The third-order valence-electron chi connectivity index (χ3n) is 4.67. The molecule has 0 N–H and O–H groups in total. The predicted octanol–water partition coefficient (Wildman–Crippen LogP) is 2.39. The molecule has 2 atom stereocenters. The van der Waals surface area contributed by atoms with Gasteiger partial charge in [-0.1, -0.05) is 6.07 Å². The molecule has 5 nitrogen and oxygen atoms in total. The third kappa shape index (κ3) is 1.96. The maximum absolute atomic E-state index is 13.0. The first-order chi connectivity index (χ1) is 10.8. The molecule has 0 unspecified atom stereocenters. The van der Waals surface area contributed by atoms with Gasteiger partial charge in [0.25, 0.3) is 5.91 Å². The summed E-state index contributed by atoms with van der Waals surface area (Å²) in [6, 6.07) is 7.71. The van der Waals surface area contributed by atoms with E-state index in [1.165, 1.54) is 0 Å². The van der Waals surface area contributed by atoms with E-state index in [4.69, 9.17) is 4.74 Å². The number of ether oxygens (including phenoxy) is 1. The molecule has 2 aromatic rings. The fourth-order valence-electron chi connectivity index (χ4n) is 3.64. The highest BCUT2D eigenvalue weighted by molar-refractivity contribution is 5.95. The van der Waals surface area contributed by atoms with Crippen LogP contribution in [0.3, 0.4) is 0 Å². The van der Waals surface area contributed by atoms with Crippen LogP contribution in [-0.4, -0.2) is 33.9 Å². The number of hydrogen-bond acceptors (Lipinski definition) is 4. The number of benzene rings is 1. The van der Waals surface area contributed by atoms with E-state index in [-0.39, 0.29) is 18.0 Å². The molecule has 0 saturated carbocycles. The first kappa shape index (κ1) is 13.2. The van der Waals surface area contributed by atoms with Crippen LogP contribution in [0.5, 0.6) is 5.75 Å². The first-order valence-corrected chi connectivity index (χ1v) is 7.53. The van der Waals surface area contributed by atoms with Gasteiger partial charge in [-0.25, -0.2) is 9.97 Å². The van der Waals surface area contributed by atoms with Crippen molar-refractivity contribution in [1.29, 1.82) is 0 Å². The molecule has 1 amide bonds. The number of hydrogen-bond donors (Lipinski definition) is 0. The molecule has 1 aromatic carbocycles. The normalized spacial score (nSPS) is 22.3. The standard InChI is InChI=1S/C17H17N3O2/c1-22-13-4-2-3-11(7-13)17(21)20-12-5-6-16(20)14-9-18-10-19-15(14)8-12/h2-4,7,9-10,12,16H,5-6,8H2,1H3/t12-,16-/m0/s1. The summed E-state index contributed by atoms with van der Waals surface area (Å²) in [5.74, 6) is 0.778. The minimum Gasteiger partial charge on any atom is -0.497 e. The van der Waals surface area contributed by atoms with E-state index in [0.717, 1.165) is 30.5 Å². The number of carbonyl (C=O) groups excluding carboxylic acids is 1. The quantitative estimate of drug-likeness (QED) is 0.853. The van der Waals surface area contributed by atoms with Gasteiger partial charge in [0.1, 0.15) is 12.1 Å². The third-order valence-corrected chi connectivity index (χ3v) is 4.67. The van der Waals surface area contributed by atoms with Crippen LogP contribution >= 0.6 is 0 Å². The van der Waals surface area contributed by atoms with Crippen LogP contribution in [0.2, 0.25) is 0 Å². The second kappa shape index (κ2) is 5.09. The smallest absolute Gasteiger partial charge is 0.254 e. The molecule has 2 bridgehead atoms. The largest absolute Gasteiger partial charge is 0.497 e. The maximum atomic E-state index is 13.0. The Kier molecular flexibility index (Phi) is 3.06. The van der Waals surface area contributed by atoms with Crippen molar-refractivity contribution in [3.63, 3.8) is 0 Å². The van der Waals surface area contributed by atoms with Gasteiger partial charge >= 0.3 is 0 Å². The molecule has 0 spiro atoms. The van der Waals surface area contributed by atoms with Crippen LogP contribution in [0.4, 0.5) is 0 Å². The zero-order chi connectivity index (χ0) is 15.1. The molecule has 5 heteroatoms. The van der Waals surface area contributed by atoms with E-state index in [1.54, 1.807) is 19.5 Å². The monoisotopic (exact) mass is 295 g/mol. The number of carbonyl (C=O) groups is 1. The number of rotatable bonds is 2. The summed E-state index contributed by atoms with van der Waals surface area (Å²) in [6.07, 6.45) is 6.29. The Morgan fingerprint density at radius 2 is 2.27 bits per heavy atom. The molecule has 2 aliphatic heterocycles. The average molecular weight is 295 g/mol. The molecule has 1 saturated heterocycles. The van der Waals surface area contributed by atoms with Crippen molar-refractivity contribution in [2.24, 2.45) is 0 Å². The van der Waals surface area contributed by atoms with Gasteiger partial charge in [0.2, 0.25) is 0 Å². The van der Waals surface area contributed by atoms with Crippen molar-refractivity contribution in [2.75, 3.05) is 7.11 Å². The zero-order valence-corrected chi connectivity index (χ0v) is 12.4. The molecule has 112 valence electrons. The van der Waals surface area contributed by atoms with Crippen LogP contribution in [0, 0.1) is 0 Å². The highest BCUT2D eigenvalue weighted by Gasteiger charge is 2.43. The second-order valence-electron chi connectivity index (χ2n) is 5.82. The summed E-state index contributed by atoms with van der Waals surface area (Å²) in [7, 11) is 1.61. The number of fused-ring (bicyclic) bond motifs is 4. The molecule has 22 heavy (non-hydrogen) atoms. The Morgan fingerprint density at radius 3 is 3.14 bits per heavy atom. The van der Waals surface area contributed by atoms with Gasteiger partial charge in [-0.2, -0.15) is 0 Å². The minimum atomic E-state index is 0.0703. The predicted molar refractivity (Wildman–Crippen MR) is 80.7 cm³/mol. The van der Waals surface area contributed by atoms with Gasteiger partial charge in [0.05, 0.1) is 18.8 Å². The lowest BCUT2D eigenvalue weighted by Crippen LogP contribution is -2.42. The van der Waals surface area contributed by atoms with E-state index in [2.05, 4.69) is 9.97 Å². The lowest BCUT2D eigenvalue weighted by molar-refractivity contribution is 0.0643. The zero-order valence-electron chi connectivity index (χ0n) is 12.4. The van der Waals surface area contributed by atoms with E-state index in [9.17, 15) is 4.79 Å². The SMILES string of the molecule is COc1cccc(C(=O)N2[C@H]3CC[C@H]2c2cncnc2C3)c1. The molecular formula is C17H17N3O2. The van der Waals surface area contributed by atoms with Crippen LogP contribution in [0.15, 0.2) is 36.8 Å². The Hall–Kier alpha value is -2.43. The summed E-state index contributed by atoms with van der Waals surface area (Å²) in [5.41, 5.74) is 2.88. The maximum Gasteiger partial charge on any atom is 0.254 e. The summed E-state index contributed by atoms with van der Waals surface area (Å²) in [6.45, 7) is 0. The van der Waals surface area contributed by atoms with Gasteiger partial charge < -0.3 is 9.64 Å². The van der Waals surface area contributed by atoms with Crippen molar-refractivity contribution in [1.82, 2.24) is 14.9 Å². The fourth-order valence-corrected chi connectivity index (χ4v) is 3.64. The highest BCUT2D eigenvalue weighted by atomic mass is 16.5. The van der Waals surface area contributed by atoms with Crippen molar-refractivity contribution in [3.05, 3.63) is 53.6 Å². The molecular weight excluding hydrogens is 278 g/mol. The number of amides is 1. The summed E-state index contributed by atoms with van der Waals surface area (Å²) in [5, 5.41) is 0. The fraction of sp³-hybridized carbons (Fsp3) is 0.353. The van der Waals surface area contributed by atoms with Gasteiger partial charge in [0.15, 0.2) is 0 Å². The molecule has 4 rings (SSSR count). The molecule has 2 aliphatic rings. The number of methoxy groups -OCH3 is 1. The summed E-state index contributed by atoms with van der Waals surface area (Å²) < 4.78 is 5.23. The van der Waals surface area contributed by atoms with E-state index >= 15 is 0 Å². The van der Waals surface area contributed by atoms with Crippen molar-refractivity contribution < 1.29 is 9.53 Å². The van der Waals surface area contributed by atoms with Gasteiger partial charge in [-0.15, -0.1) is 0 Å².